The zero-order chi connectivity index (χ0) is 20.2. The van der Waals surface area contributed by atoms with Crippen molar-refractivity contribution >= 4 is 17.5 Å². The van der Waals surface area contributed by atoms with Crippen LogP contribution in [-0.4, -0.2) is 38.2 Å². The summed E-state index contributed by atoms with van der Waals surface area (Å²) in [5.74, 6) is 0.233. The lowest BCUT2D eigenvalue weighted by atomic mass is 10.1. The molecule has 1 aromatic carbocycles. The van der Waals surface area contributed by atoms with Gasteiger partial charge in [0.25, 0.3) is 11.8 Å². The van der Waals surface area contributed by atoms with E-state index in [0.29, 0.717) is 34.9 Å². The van der Waals surface area contributed by atoms with Crippen LogP contribution in [-0.2, 0) is 0 Å². The number of rotatable bonds is 4. The van der Waals surface area contributed by atoms with Gasteiger partial charge in [-0.1, -0.05) is 18.2 Å². The van der Waals surface area contributed by atoms with E-state index in [1.54, 1.807) is 42.5 Å². The molecule has 2 aromatic heterocycles. The Bertz CT molecular complexity index is 1020. The molecule has 1 aliphatic heterocycles. The summed E-state index contributed by atoms with van der Waals surface area (Å²) in [6, 6.07) is 12.6. The first-order valence-corrected chi connectivity index (χ1v) is 9.54. The Morgan fingerprint density at radius 1 is 1.10 bits per heavy atom. The van der Waals surface area contributed by atoms with Gasteiger partial charge in [0.05, 0.1) is 22.9 Å². The van der Waals surface area contributed by atoms with Crippen LogP contribution in [0.2, 0.25) is 0 Å². The molecule has 1 fully saturated rings. The minimum Gasteiger partial charge on any atom is -0.328 e. The number of carbonyl (C=O) groups excluding carboxylic acids is 2. The summed E-state index contributed by atoms with van der Waals surface area (Å²) in [6.45, 7) is 2.43. The SMILES string of the molecule is Cc1nc(C2CCCN2C(=O)c2cccnc2)ncc1C(=O)Nc1ccccc1. The average molecular weight is 387 g/mol. The molecule has 0 spiro atoms. The predicted octanol–water partition coefficient (Wildman–Crippen LogP) is 3.41. The van der Waals surface area contributed by atoms with Crippen molar-refractivity contribution in [3.05, 3.63) is 83.7 Å². The fourth-order valence-electron chi connectivity index (χ4n) is 3.52. The normalized spacial score (nSPS) is 15.9. The van der Waals surface area contributed by atoms with Crippen molar-refractivity contribution < 1.29 is 9.59 Å². The second-order valence-corrected chi connectivity index (χ2v) is 6.95. The second kappa shape index (κ2) is 8.18. The summed E-state index contributed by atoms with van der Waals surface area (Å²) < 4.78 is 0. The smallest absolute Gasteiger partial charge is 0.259 e. The van der Waals surface area contributed by atoms with Crippen molar-refractivity contribution in [2.75, 3.05) is 11.9 Å². The minimum absolute atomic E-state index is 0.0762. The van der Waals surface area contributed by atoms with Gasteiger partial charge in [-0.2, -0.15) is 0 Å². The van der Waals surface area contributed by atoms with Gasteiger partial charge in [0.1, 0.15) is 0 Å². The first-order chi connectivity index (χ1) is 14.1. The number of nitrogens with zero attached hydrogens (tertiary/aromatic N) is 4. The Labute approximate surface area is 168 Å². The fraction of sp³-hybridized carbons (Fsp3) is 0.227. The molecule has 0 aliphatic carbocycles. The van der Waals surface area contributed by atoms with E-state index >= 15 is 0 Å². The van der Waals surface area contributed by atoms with Crippen LogP contribution in [0.4, 0.5) is 5.69 Å². The van der Waals surface area contributed by atoms with Crippen LogP contribution >= 0.6 is 0 Å². The maximum Gasteiger partial charge on any atom is 0.259 e. The van der Waals surface area contributed by atoms with Crippen molar-refractivity contribution in [2.45, 2.75) is 25.8 Å². The molecule has 1 saturated heterocycles. The molecule has 29 heavy (non-hydrogen) atoms. The zero-order valence-corrected chi connectivity index (χ0v) is 16.1. The van der Waals surface area contributed by atoms with E-state index in [2.05, 4.69) is 20.3 Å². The molecular weight excluding hydrogens is 366 g/mol. The maximum atomic E-state index is 12.9. The predicted molar refractivity (Wildman–Crippen MR) is 108 cm³/mol. The van der Waals surface area contributed by atoms with E-state index in [9.17, 15) is 9.59 Å². The highest BCUT2D eigenvalue weighted by Crippen LogP contribution is 2.31. The van der Waals surface area contributed by atoms with Crippen molar-refractivity contribution in [1.82, 2.24) is 19.9 Å². The average Bonchev–Trinajstić information content (AvgIpc) is 3.24. The maximum absolute atomic E-state index is 12.9. The van der Waals surface area contributed by atoms with Gasteiger partial charge in [0, 0.05) is 30.8 Å². The van der Waals surface area contributed by atoms with Crippen molar-refractivity contribution in [3.8, 4) is 0 Å². The van der Waals surface area contributed by atoms with Crippen LogP contribution < -0.4 is 5.32 Å². The number of nitrogens with one attached hydrogen (secondary N) is 1. The Morgan fingerprint density at radius 3 is 2.66 bits per heavy atom. The third-order valence-corrected chi connectivity index (χ3v) is 4.99. The van der Waals surface area contributed by atoms with Crippen LogP contribution in [0.25, 0.3) is 0 Å². The van der Waals surface area contributed by atoms with E-state index < -0.39 is 0 Å². The zero-order valence-electron chi connectivity index (χ0n) is 16.1. The summed E-state index contributed by atoms with van der Waals surface area (Å²) in [7, 11) is 0. The summed E-state index contributed by atoms with van der Waals surface area (Å²) >= 11 is 0. The number of amides is 2. The van der Waals surface area contributed by atoms with Crippen molar-refractivity contribution in [1.29, 1.82) is 0 Å². The molecule has 1 aliphatic rings. The lowest BCUT2D eigenvalue weighted by Crippen LogP contribution is -2.31. The molecule has 0 radical (unpaired) electrons. The third-order valence-electron chi connectivity index (χ3n) is 4.99. The van der Waals surface area contributed by atoms with E-state index in [4.69, 9.17) is 0 Å². The van der Waals surface area contributed by atoms with Gasteiger partial charge in [-0.05, 0) is 44.0 Å². The van der Waals surface area contributed by atoms with Crippen LogP contribution in [0.3, 0.4) is 0 Å². The molecule has 1 unspecified atom stereocenters. The molecule has 146 valence electrons. The molecule has 1 N–H and O–H groups in total. The Morgan fingerprint density at radius 2 is 1.93 bits per heavy atom. The summed E-state index contributed by atoms with van der Waals surface area (Å²) in [6.07, 6.45) is 6.43. The van der Waals surface area contributed by atoms with E-state index in [1.165, 1.54) is 0 Å². The lowest BCUT2D eigenvalue weighted by Gasteiger charge is -2.24. The number of para-hydroxylation sites is 1. The third kappa shape index (κ3) is 3.99. The Balaban J connectivity index is 1.54. The van der Waals surface area contributed by atoms with Gasteiger partial charge in [-0.25, -0.2) is 9.97 Å². The van der Waals surface area contributed by atoms with E-state index in [1.807, 2.05) is 30.3 Å². The molecule has 2 amide bonds. The molecule has 0 bridgehead atoms. The van der Waals surface area contributed by atoms with E-state index in [0.717, 1.165) is 12.8 Å². The molecule has 3 aromatic rings. The van der Waals surface area contributed by atoms with Crippen LogP contribution in [0.5, 0.6) is 0 Å². The minimum atomic E-state index is -0.255. The standard InChI is InChI=1S/C22H21N5O2/c1-15-18(21(28)26-17-8-3-2-4-9-17)14-24-20(25-15)19-10-6-12-27(19)22(29)16-7-5-11-23-13-16/h2-5,7-9,11,13-14,19H,6,10,12H2,1H3,(H,26,28). The highest BCUT2D eigenvalue weighted by atomic mass is 16.2. The molecule has 1 atom stereocenters. The summed E-state index contributed by atoms with van der Waals surface area (Å²) in [4.78, 5) is 40.2. The number of hydrogen-bond donors (Lipinski definition) is 1. The number of hydrogen-bond acceptors (Lipinski definition) is 5. The molecule has 4 rings (SSSR count). The number of pyridine rings is 1. The highest BCUT2D eigenvalue weighted by molar-refractivity contribution is 6.04. The number of benzene rings is 1. The van der Waals surface area contributed by atoms with Gasteiger partial charge in [-0.3, -0.25) is 14.6 Å². The van der Waals surface area contributed by atoms with Crippen molar-refractivity contribution in [3.63, 3.8) is 0 Å². The molecule has 7 heteroatoms. The first kappa shape index (κ1) is 18.7. The van der Waals surface area contributed by atoms with Crippen LogP contribution in [0.15, 0.2) is 61.1 Å². The number of aryl methyl sites for hydroxylation is 1. The van der Waals surface area contributed by atoms with Gasteiger partial charge >= 0.3 is 0 Å². The van der Waals surface area contributed by atoms with Gasteiger partial charge in [-0.15, -0.1) is 0 Å². The van der Waals surface area contributed by atoms with Crippen LogP contribution in [0.1, 0.15) is 51.1 Å². The summed E-state index contributed by atoms with van der Waals surface area (Å²) in [5.41, 5.74) is 2.27. The topological polar surface area (TPSA) is 88.1 Å². The number of likely N-dealkylation sites (tertiary alicyclic amines) is 1. The van der Waals surface area contributed by atoms with E-state index in [-0.39, 0.29) is 17.9 Å². The summed E-state index contributed by atoms with van der Waals surface area (Å²) in [5, 5.41) is 2.85. The lowest BCUT2D eigenvalue weighted by molar-refractivity contribution is 0.0728. The van der Waals surface area contributed by atoms with Gasteiger partial charge in [0.2, 0.25) is 0 Å². The largest absolute Gasteiger partial charge is 0.328 e. The first-order valence-electron chi connectivity index (χ1n) is 9.54. The highest BCUT2D eigenvalue weighted by Gasteiger charge is 2.33. The monoisotopic (exact) mass is 387 g/mol. The van der Waals surface area contributed by atoms with Crippen LogP contribution in [0, 0.1) is 6.92 Å². The fourth-order valence-corrected chi connectivity index (χ4v) is 3.52. The molecule has 7 nitrogen and oxygen atoms in total. The van der Waals surface area contributed by atoms with Gasteiger partial charge < -0.3 is 10.2 Å². The molecular formula is C22H21N5O2. The van der Waals surface area contributed by atoms with Crippen molar-refractivity contribution in [2.24, 2.45) is 0 Å². The molecule has 3 heterocycles. The number of aromatic nitrogens is 3. The number of carbonyl (C=O) groups is 2. The Hall–Kier alpha value is -3.61. The quantitative estimate of drug-likeness (QED) is 0.741. The number of anilines is 1. The van der Waals surface area contributed by atoms with Gasteiger partial charge in [0.15, 0.2) is 5.82 Å². The Kier molecular flexibility index (Phi) is 5.29. The second-order valence-electron chi connectivity index (χ2n) is 6.95. The molecule has 0 saturated carbocycles.